The third-order valence-corrected chi connectivity index (χ3v) is 4.25. The number of methoxy groups -OCH3 is 1. The zero-order valence-electron chi connectivity index (χ0n) is 11.1. The Kier molecular flexibility index (Phi) is 5.58. The van der Waals surface area contributed by atoms with Gasteiger partial charge >= 0.3 is 0 Å². The summed E-state index contributed by atoms with van der Waals surface area (Å²) in [5.41, 5.74) is 2.90. The van der Waals surface area contributed by atoms with Gasteiger partial charge in [0, 0.05) is 7.11 Å². The molecular weight excluding hydrogens is 343 g/mol. The lowest BCUT2D eigenvalue weighted by Crippen LogP contribution is -1.97. The van der Waals surface area contributed by atoms with E-state index in [4.69, 9.17) is 16.3 Å². The van der Waals surface area contributed by atoms with E-state index in [0.29, 0.717) is 11.1 Å². The largest absolute Gasteiger partial charge is 0.384 e. The van der Waals surface area contributed by atoms with Crippen molar-refractivity contribution in [2.45, 2.75) is 11.8 Å². The summed E-state index contributed by atoms with van der Waals surface area (Å²) >= 11 is 9.54. The first-order chi connectivity index (χ1) is 9.61. The van der Waals surface area contributed by atoms with E-state index in [1.807, 2.05) is 30.3 Å². The molecule has 0 aromatic heterocycles. The smallest absolute Gasteiger partial charge is 0.137 e. The van der Waals surface area contributed by atoms with Crippen LogP contribution in [0.4, 0.5) is 4.39 Å². The number of benzene rings is 2. The van der Waals surface area contributed by atoms with Crippen LogP contribution in [-0.2, 0) is 11.2 Å². The first-order valence-electron chi connectivity index (χ1n) is 6.28. The van der Waals surface area contributed by atoms with Crippen LogP contribution < -0.4 is 0 Å². The predicted octanol–water partition coefficient (Wildman–Crippen LogP) is 5.11. The molecular formula is C16H15BrClFO. The fourth-order valence-electron chi connectivity index (χ4n) is 1.94. The minimum atomic E-state index is -0.353. The van der Waals surface area contributed by atoms with E-state index < -0.39 is 0 Å². The Labute approximate surface area is 131 Å². The number of hydrogen-bond donors (Lipinski definition) is 0. The van der Waals surface area contributed by atoms with Gasteiger partial charge in [-0.2, -0.15) is 0 Å². The fourth-order valence-corrected chi connectivity index (χ4v) is 2.46. The minimum Gasteiger partial charge on any atom is -0.384 e. The molecule has 0 N–H and O–H groups in total. The van der Waals surface area contributed by atoms with Crippen molar-refractivity contribution in [3.8, 4) is 0 Å². The van der Waals surface area contributed by atoms with Crippen molar-refractivity contribution in [3.63, 3.8) is 0 Å². The topological polar surface area (TPSA) is 9.23 Å². The lowest BCUT2D eigenvalue weighted by molar-refractivity contribution is 0.202. The molecule has 2 rings (SSSR count). The Morgan fingerprint density at radius 1 is 1.15 bits per heavy atom. The molecule has 0 radical (unpaired) electrons. The molecule has 2 aromatic rings. The predicted molar refractivity (Wildman–Crippen MR) is 83.8 cm³/mol. The molecule has 1 nitrogen and oxygen atoms in total. The van der Waals surface area contributed by atoms with Gasteiger partial charge in [-0.3, -0.25) is 0 Å². The molecule has 0 fully saturated rings. The molecule has 0 heterocycles. The maximum absolute atomic E-state index is 13.5. The monoisotopic (exact) mass is 356 g/mol. The number of alkyl halides is 1. The van der Waals surface area contributed by atoms with Gasteiger partial charge in [-0.05, 0) is 51.2 Å². The molecule has 0 spiro atoms. The minimum absolute atomic E-state index is 0.301. The van der Waals surface area contributed by atoms with Crippen LogP contribution in [0.25, 0.3) is 0 Å². The van der Waals surface area contributed by atoms with Crippen LogP contribution in [0.2, 0.25) is 0 Å². The van der Waals surface area contributed by atoms with Crippen molar-refractivity contribution >= 4 is 27.5 Å². The summed E-state index contributed by atoms with van der Waals surface area (Å²) in [5, 5.41) is -0.353. The van der Waals surface area contributed by atoms with Crippen LogP contribution in [0.5, 0.6) is 0 Å². The third-order valence-electron chi connectivity index (χ3n) is 3.10. The van der Waals surface area contributed by atoms with Crippen molar-refractivity contribution in [3.05, 3.63) is 69.4 Å². The Balaban J connectivity index is 2.15. The molecule has 0 aliphatic rings. The number of ether oxygens (including phenoxy) is 1. The summed E-state index contributed by atoms with van der Waals surface area (Å²) in [6, 6.07) is 13.0. The van der Waals surface area contributed by atoms with Crippen molar-refractivity contribution in [1.82, 2.24) is 0 Å². The van der Waals surface area contributed by atoms with Crippen molar-refractivity contribution in [1.29, 1.82) is 0 Å². The molecule has 0 saturated heterocycles. The van der Waals surface area contributed by atoms with Gasteiger partial charge in [-0.15, -0.1) is 11.6 Å². The van der Waals surface area contributed by atoms with E-state index in [2.05, 4.69) is 15.9 Å². The van der Waals surface area contributed by atoms with E-state index >= 15 is 0 Å². The summed E-state index contributed by atoms with van der Waals surface area (Å²) in [6.07, 6.45) is 0.872. The van der Waals surface area contributed by atoms with E-state index in [1.165, 1.54) is 11.6 Å². The summed E-state index contributed by atoms with van der Waals surface area (Å²) in [5.74, 6) is -0.301. The zero-order chi connectivity index (χ0) is 14.5. The number of rotatable bonds is 5. The second-order valence-corrected chi connectivity index (χ2v) is 5.81. The number of halogens is 3. The fraction of sp³-hybridized carbons (Fsp3) is 0.250. The normalized spacial score (nSPS) is 12.4. The Hall–Kier alpha value is -0.900. The van der Waals surface area contributed by atoms with Gasteiger partial charge in [0.25, 0.3) is 0 Å². The molecule has 20 heavy (non-hydrogen) atoms. The van der Waals surface area contributed by atoms with Gasteiger partial charge in [-0.25, -0.2) is 4.39 Å². The first kappa shape index (κ1) is 15.5. The second-order valence-electron chi connectivity index (χ2n) is 4.52. The van der Waals surface area contributed by atoms with Crippen LogP contribution in [0.3, 0.4) is 0 Å². The van der Waals surface area contributed by atoms with Crippen LogP contribution in [0, 0.1) is 5.82 Å². The van der Waals surface area contributed by atoms with Crippen LogP contribution in [-0.4, -0.2) is 13.7 Å². The summed E-state index contributed by atoms with van der Waals surface area (Å²) < 4.78 is 19.0. The molecule has 0 saturated carbocycles. The van der Waals surface area contributed by atoms with Gasteiger partial charge in [0.1, 0.15) is 5.82 Å². The first-order valence-corrected chi connectivity index (χ1v) is 7.51. The SMILES string of the molecule is COCCc1ccc(C(Cl)c2ccc(Br)c(F)c2)cc1. The standard InChI is InChI=1S/C16H15BrClFO/c1-20-9-8-11-2-4-12(5-3-11)16(18)13-6-7-14(17)15(19)10-13/h2-7,10,16H,8-9H2,1H3. The molecule has 0 bridgehead atoms. The lowest BCUT2D eigenvalue weighted by Gasteiger charge is -2.12. The molecule has 0 amide bonds. The molecule has 1 atom stereocenters. The maximum Gasteiger partial charge on any atom is 0.137 e. The number of hydrogen-bond acceptors (Lipinski definition) is 1. The van der Waals surface area contributed by atoms with E-state index in [1.54, 1.807) is 13.2 Å². The molecule has 4 heteroatoms. The highest BCUT2D eigenvalue weighted by atomic mass is 79.9. The van der Waals surface area contributed by atoms with E-state index in [-0.39, 0.29) is 11.2 Å². The van der Waals surface area contributed by atoms with Gasteiger partial charge in [0.15, 0.2) is 0 Å². The van der Waals surface area contributed by atoms with Crippen molar-refractivity contribution in [2.24, 2.45) is 0 Å². The van der Waals surface area contributed by atoms with Gasteiger partial charge < -0.3 is 4.74 Å². The van der Waals surface area contributed by atoms with Crippen LogP contribution >= 0.6 is 27.5 Å². The molecule has 1 unspecified atom stereocenters. The molecule has 0 aliphatic heterocycles. The summed E-state index contributed by atoms with van der Waals surface area (Å²) in [6.45, 7) is 0.696. The van der Waals surface area contributed by atoms with E-state index in [0.717, 1.165) is 17.5 Å². The van der Waals surface area contributed by atoms with Gasteiger partial charge in [0.2, 0.25) is 0 Å². The average molecular weight is 358 g/mol. The zero-order valence-corrected chi connectivity index (χ0v) is 13.4. The summed E-state index contributed by atoms with van der Waals surface area (Å²) in [4.78, 5) is 0. The second kappa shape index (κ2) is 7.21. The van der Waals surface area contributed by atoms with Gasteiger partial charge in [-0.1, -0.05) is 30.3 Å². The average Bonchev–Trinajstić information content (AvgIpc) is 2.48. The van der Waals surface area contributed by atoms with Gasteiger partial charge in [0.05, 0.1) is 16.5 Å². The lowest BCUT2D eigenvalue weighted by atomic mass is 10.0. The molecule has 2 aromatic carbocycles. The summed E-state index contributed by atoms with van der Waals surface area (Å²) in [7, 11) is 1.69. The third kappa shape index (κ3) is 3.81. The quantitative estimate of drug-likeness (QED) is 0.676. The Morgan fingerprint density at radius 3 is 2.40 bits per heavy atom. The highest BCUT2D eigenvalue weighted by molar-refractivity contribution is 9.10. The highest BCUT2D eigenvalue weighted by Crippen LogP contribution is 2.30. The maximum atomic E-state index is 13.5. The van der Waals surface area contributed by atoms with Crippen LogP contribution in [0.1, 0.15) is 22.1 Å². The van der Waals surface area contributed by atoms with Crippen molar-refractivity contribution in [2.75, 3.05) is 13.7 Å². The Morgan fingerprint density at radius 2 is 1.80 bits per heavy atom. The van der Waals surface area contributed by atoms with Crippen molar-refractivity contribution < 1.29 is 9.13 Å². The molecule has 106 valence electrons. The van der Waals surface area contributed by atoms with E-state index in [9.17, 15) is 4.39 Å². The Bertz CT molecular complexity index is 571. The molecule has 0 aliphatic carbocycles. The van der Waals surface area contributed by atoms with Crippen LogP contribution in [0.15, 0.2) is 46.9 Å². The highest BCUT2D eigenvalue weighted by Gasteiger charge is 2.12.